The summed E-state index contributed by atoms with van der Waals surface area (Å²) >= 11 is 0. The summed E-state index contributed by atoms with van der Waals surface area (Å²) in [6.45, 7) is 4.25. The third-order valence-electron chi connectivity index (χ3n) is 2.81. The monoisotopic (exact) mass is 286 g/mol. The maximum atomic E-state index is 10.2. The van der Waals surface area contributed by atoms with E-state index in [1.54, 1.807) is 13.8 Å². The Bertz CT molecular complexity index is 403. The van der Waals surface area contributed by atoms with Crippen LogP contribution in [0, 0.1) is 0 Å². The van der Waals surface area contributed by atoms with E-state index in [9.17, 15) is 15.3 Å². The van der Waals surface area contributed by atoms with Gasteiger partial charge in [-0.05, 0) is 31.5 Å². The normalized spacial score (nSPS) is 14.3. The van der Waals surface area contributed by atoms with E-state index in [0.717, 1.165) is 0 Å². The quantitative estimate of drug-likeness (QED) is 0.622. The summed E-state index contributed by atoms with van der Waals surface area (Å²) in [6.07, 6.45) is -3.38. The number of hydrogen-bond donors (Lipinski definition) is 3. The highest BCUT2D eigenvalue weighted by Crippen LogP contribution is 2.30. The molecule has 0 aromatic heterocycles. The zero-order valence-electron chi connectivity index (χ0n) is 11.9. The summed E-state index contributed by atoms with van der Waals surface area (Å²) in [5.41, 5.74) is 0.400. The van der Waals surface area contributed by atoms with E-state index in [1.807, 2.05) is 0 Å². The molecule has 0 aliphatic carbocycles. The molecule has 0 spiro atoms. The SMILES string of the molecule is CCOC(OCC)[C@H](O)[C@H](O)c1ccc(O)c(OC)c1. The minimum Gasteiger partial charge on any atom is -0.504 e. The zero-order chi connectivity index (χ0) is 15.1. The van der Waals surface area contributed by atoms with Crippen molar-refractivity contribution in [2.45, 2.75) is 32.3 Å². The standard InChI is InChI=1S/C14H22O6/c1-4-19-14(20-5-2)13(17)12(16)9-6-7-10(15)11(8-9)18-3/h6-8,12-17H,4-5H2,1-3H3/t12-,13-/m1/s1. The van der Waals surface area contributed by atoms with Crippen molar-refractivity contribution < 1.29 is 29.5 Å². The van der Waals surface area contributed by atoms with Crippen LogP contribution in [0.4, 0.5) is 0 Å². The van der Waals surface area contributed by atoms with Crippen LogP contribution in [0.3, 0.4) is 0 Å². The molecule has 0 amide bonds. The van der Waals surface area contributed by atoms with E-state index in [0.29, 0.717) is 18.8 Å². The molecule has 2 atom stereocenters. The van der Waals surface area contributed by atoms with Crippen molar-refractivity contribution in [3.8, 4) is 11.5 Å². The lowest BCUT2D eigenvalue weighted by Gasteiger charge is -2.26. The van der Waals surface area contributed by atoms with E-state index in [-0.39, 0.29) is 11.5 Å². The first-order chi connectivity index (χ1) is 9.54. The van der Waals surface area contributed by atoms with E-state index in [4.69, 9.17) is 14.2 Å². The van der Waals surface area contributed by atoms with Crippen LogP contribution in [-0.2, 0) is 9.47 Å². The Hall–Kier alpha value is -1.34. The van der Waals surface area contributed by atoms with Gasteiger partial charge in [-0.25, -0.2) is 0 Å². The van der Waals surface area contributed by atoms with Crippen LogP contribution < -0.4 is 4.74 Å². The second-order valence-electron chi connectivity index (χ2n) is 4.15. The highest BCUT2D eigenvalue weighted by Gasteiger charge is 2.29. The van der Waals surface area contributed by atoms with Crippen LogP contribution in [0.15, 0.2) is 18.2 Å². The number of methoxy groups -OCH3 is 1. The van der Waals surface area contributed by atoms with Crippen LogP contribution in [0.1, 0.15) is 25.5 Å². The minimum absolute atomic E-state index is 0.0379. The topological polar surface area (TPSA) is 88.4 Å². The summed E-state index contributed by atoms with van der Waals surface area (Å²) < 4.78 is 15.5. The van der Waals surface area contributed by atoms with Gasteiger partial charge in [0, 0.05) is 13.2 Å². The number of phenolic OH excluding ortho intramolecular Hbond substituents is 1. The van der Waals surface area contributed by atoms with Gasteiger partial charge >= 0.3 is 0 Å². The fourth-order valence-corrected chi connectivity index (χ4v) is 1.80. The molecule has 0 heterocycles. The molecule has 20 heavy (non-hydrogen) atoms. The summed E-state index contributed by atoms with van der Waals surface area (Å²) in [7, 11) is 1.41. The highest BCUT2D eigenvalue weighted by atomic mass is 16.7. The van der Waals surface area contributed by atoms with Gasteiger partial charge in [0.2, 0.25) is 0 Å². The number of aliphatic hydroxyl groups excluding tert-OH is 2. The molecular weight excluding hydrogens is 264 g/mol. The van der Waals surface area contributed by atoms with Crippen LogP contribution in [0.5, 0.6) is 11.5 Å². The third kappa shape index (κ3) is 4.08. The molecule has 0 fully saturated rings. The highest BCUT2D eigenvalue weighted by molar-refractivity contribution is 5.42. The summed E-state index contributed by atoms with van der Waals surface area (Å²) in [4.78, 5) is 0. The minimum atomic E-state index is -1.25. The lowest BCUT2D eigenvalue weighted by molar-refractivity contribution is -0.212. The average molecular weight is 286 g/mol. The van der Waals surface area contributed by atoms with E-state index in [2.05, 4.69) is 0 Å². The Kier molecular flexibility index (Phi) is 6.74. The Morgan fingerprint density at radius 3 is 2.20 bits per heavy atom. The number of benzene rings is 1. The van der Waals surface area contributed by atoms with Crippen molar-refractivity contribution in [1.29, 1.82) is 0 Å². The molecule has 1 rings (SSSR count). The first-order valence-electron chi connectivity index (χ1n) is 6.51. The van der Waals surface area contributed by atoms with Crippen molar-refractivity contribution in [3.05, 3.63) is 23.8 Å². The molecule has 0 bridgehead atoms. The van der Waals surface area contributed by atoms with Gasteiger partial charge in [0.05, 0.1) is 7.11 Å². The van der Waals surface area contributed by atoms with E-state index >= 15 is 0 Å². The van der Waals surface area contributed by atoms with E-state index in [1.165, 1.54) is 25.3 Å². The van der Waals surface area contributed by atoms with Gasteiger partial charge in [-0.1, -0.05) is 6.07 Å². The molecule has 6 nitrogen and oxygen atoms in total. The molecule has 1 aromatic carbocycles. The number of phenols is 1. The molecule has 0 aliphatic heterocycles. The smallest absolute Gasteiger partial charge is 0.186 e. The Labute approximate surface area is 118 Å². The van der Waals surface area contributed by atoms with Crippen molar-refractivity contribution >= 4 is 0 Å². The molecule has 3 N–H and O–H groups in total. The molecule has 0 radical (unpaired) electrons. The molecule has 6 heteroatoms. The first-order valence-corrected chi connectivity index (χ1v) is 6.51. The summed E-state index contributed by atoms with van der Waals surface area (Å²) in [5, 5.41) is 29.8. The van der Waals surface area contributed by atoms with Crippen LogP contribution >= 0.6 is 0 Å². The maximum Gasteiger partial charge on any atom is 0.186 e. The Balaban J connectivity index is 2.88. The molecule has 114 valence electrons. The Morgan fingerprint density at radius 1 is 1.10 bits per heavy atom. The van der Waals surface area contributed by atoms with Crippen molar-refractivity contribution in [1.82, 2.24) is 0 Å². The average Bonchev–Trinajstić information content (AvgIpc) is 2.46. The van der Waals surface area contributed by atoms with Crippen LogP contribution in [-0.4, -0.2) is 48.0 Å². The van der Waals surface area contributed by atoms with Gasteiger partial charge in [0.15, 0.2) is 17.8 Å². The lowest BCUT2D eigenvalue weighted by atomic mass is 10.0. The number of hydrogen-bond acceptors (Lipinski definition) is 6. The van der Waals surface area contributed by atoms with Crippen molar-refractivity contribution in [3.63, 3.8) is 0 Å². The first kappa shape index (κ1) is 16.7. The molecule has 0 saturated carbocycles. The van der Waals surface area contributed by atoms with Crippen molar-refractivity contribution in [2.24, 2.45) is 0 Å². The van der Waals surface area contributed by atoms with Gasteiger partial charge in [-0.15, -0.1) is 0 Å². The second kappa shape index (κ2) is 8.06. The van der Waals surface area contributed by atoms with Gasteiger partial charge in [-0.3, -0.25) is 0 Å². The van der Waals surface area contributed by atoms with Gasteiger partial charge in [-0.2, -0.15) is 0 Å². The summed E-state index contributed by atoms with van der Waals surface area (Å²) in [5.74, 6) is 0.183. The largest absolute Gasteiger partial charge is 0.504 e. The molecular formula is C14H22O6. The van der Waals surface area contributed by atoms with E-state index < -0.39 is 18.5 Å². The number of rotatable bonds is 8. The predicted molar refractivity (Wildman–Crippen MR) is 72.7 cm³/mol. The molecule has 0 unspecified atom stereocenters. The van der Waals surface area contributed by atoms with Gasteiger partial charge in [0.25, 0.3) is 0 Å². The fraction of sp³-hybridized carbons (Fsp3) is 0.571. The lowest BCUT2D eigenvalue weighted by Crippen LogP contribution is -2.36. The molecule has 0 saturated heterocycles. The van der Waals surface area contributed by atoms with Gasteiger partial charge in [0.1, 0.15) is 12.2 Å². The van der Waals surface area contributed by atoms with Crippen LogP contribution in [0.25, 0.3) is 0 Å². The third-order valence-corrected chi connectivity index (χ3v) is 2.81. The van der Waals surface area contributed by atoms with Crippen LogP contribution in [0.2, 0.25) is 0 Å². The van der Waals surface area contributed by atoms with Crippen molar-refractivity contribution in [2.75, 3.05) is 20.3 Å². The van der Waals surface area contributed by atoms with Gasteiger partial charge < -0.3 is 29.5 Å². The predicted octanol–water partition coefficient (Wildman–Crippen LogP) is 1.19. The number of ether oxygens (including phenoxy) is 3. The fourth-order valence-electron chi connectivity index (χ4n) is 1.80. The zero-order valence-corrected chi connectivity index (χ0v) is 11.9. The second-order valence-corrected chi connectivity index (χ2v) is 4.15. The molecule has 1 aromatic rings. The summed E-state index contributed by atoms with van der Waals surface area (Å²) in [6, 6.07) is 4.35. The number of aliphatic hydroxyl groups is 2. The number of aromatic hydroxyl groups is 1. The Morgan fingerprint density at radius 2 is 1.70 bits per heavy atom. The molecule has 0 aliphatic rings. The maximum absolute atomic E-state index is 10.2.